The van der Waals surface area contributed by atoms with E-state index >= 15 is 0 Å². The standard InChI is InChI=1S/C7H12F3NO3/c1-6(5(12)13,7(8,9)10)11-3-4-14-2/h11H,3-4H2,1-2H3,(H,12,13). The maximum Gasteiger partial charge on any atom is 0.417 e. The molecule has 0 amide bonds. The van der Waals surface area contributed by atoms with Gasteiger partial charge in [-0.1, -0.05) is 0 Å². The van der Waals surface area contributed by atoms with Crippen molar-refractivity contribution in [2.45, 2.75) is 18.6 Å². The van der Waals surface area contributed by atoms with Gasteiger partial charge in [0.2, 0.25) is 5.54 Å². The van der Waals surface area contributed by atoms with Gasteiger partial charge in [-0.15, -0.1) is 0 Å². The molecule has 7 heteroatoms. The number of halogens is 3. The van der Waals surface area contributed by atoms with E-state index in [9.17, 15) is 18.0 Å². The van der Waals surface area contributed by atoms with Gasteiger partial charge in [0.05, 0.1) is 6.61 Å². The molecule has 84 valence electrons. The van der Waals surface area contributed by atoms with Crippen LogP contribution in [0.5, 0.6) is 0 Å². The van der Waals surface area contributed by atoms with Gasteiger partial charge in [-0.25, -0.2) is 4.79 Å². The second kappa shape index (κ2) is 4.61. The molecule has 0 fully saturated rings. The van der Waals surface area contributed by atoms with E-state index in [1.165, 1.54) is 7.11 Å². The molecule has 0 aromatic rings. The molecule has 1 atom stereocenters. The summed E-state index contributed by atoms with van der Waals surface area (Å²) in [5, 5.41) is 10.3. The lowest BCUT2D eigenvalue weighted by molar-refractivity contribution is -0.206. The van der Waals surface area contributed by atoms with E-state index in [1.54, 1.807) is 0 Å². The fourth-order valence-corrected chi connectivity index (χ4v) is 0.700. The largest absolute Gasteiger partial charge is 0.480 e. The summed E-state index contributed by atoms with van der Waals surface area (Å²) in [5.74, 6) is -1.96. The Morgan fingerprint density at radius 3 is 2.29 bits per heavy atom. The van der Waals surface area contributed by atoms with Crippen LogP contribution in [0.15, 0.2) is 0 Å². The zero-order valence-electron chi connectivity index (χ0n) is 7.81. The second-order valence-electron chi connectivity index (χ2n) is 2.85. The second-order valence-corrected chi connectivity index (χ2v) is 2.85. The first-order chi connectivity index (χ1) is 6.25. The van der Waals surface area contributed by atoms with E-state index < -0.39 is 17.7 Å². The van der Waals surface area contributed by atoms with Crippen molar-refractivity contribution in [1.29, 1.82) is 0 Å². The van der Waals surface area contributed by atoms with Gasteiger partial charge in [0.15, 0.2) is 0 Å². The van der Waals surface area contributed by atoms with Crippen LogP contribution in [0.2, 0.25) is 0 Å². The molecule has 1 unspecified atom stereocenters. The molecule has 0 aliphatic carbocycles. The van der Waals surface area contributed by atoms with Gasteiger partial charge in [-0.3, -0.25) is 5.32 Å². The number of methoxy groups -OCH3 is 1. The SMILES string of the molecule is COCCNC(C)(C(=O)O)C(F)(F)F. The molecule has 0 aliphatic rings. The maximum absolute atomic E-state index is 12.3. The van der Waals surface area contributed by atoms with Crippen molar-refractivity contribution in [3.63, 3.8) is 0 Å². The number of carboxylic acids is 1. The zero-order valence-corrected chi connectivity index (χ0v) is 7.81. The van der Waals surface area contributed by atoms with E-state index in [1.807, 2.05) is 5.32 Å². The molecule has 0 aromatic carbocycles. The third kappa shape index (κ3) is 2.85. The average Bonchev–Trinajstić information content (AvgIpc) is 2.02. The van der Waals surface area contributed by atoms with Crippen molar-refractivity contribution in [1.82, 2.24) is 5.32 Å². The third-order valence-corrected chi connectivity index (χ3v) is 1.78. The monoisotopic (exact) mass is 215 g/mol. The van der Waals surface area contributed by atoms with E-state index in [0.717, 1.165) is 0 Å². The lowest BCUT2D eigenvalue weighted by atomic mass is 10.0. The minimum atomic E-state index is -4.84. The van der Waals surface area contributed by atoms with Crippen LogP contribution < -0.4 is 5.32 Å². The summed E-state index contributed by atoms with van der Waals surface area (Å²) in [7, 11) is 1.31. The molecule has 0 spiro atoms. The number of ether oxygens (including phenoxy) is 1. The molecule has 14 heavy (non-hydrogen) atoms. The van der Waals surface area contributed by atoms with E-state index in [4.69, 9.17) is 5.11 Å². The molecular formula is C7H12F3NO3. The van der Waals surface area contributed by atoms with Crippen molar-refractivity contribution in [3.8, 4) is 0 Å². The van der Waals surface area contributed by atoms with Crippen LogP contribution in [0.1, 0.15) is 6.92 Å². The number of hydrogen-bond donors (Lipinski definition) is 2. The Balaban J connectivity index is 4.50. The number of alkyl halides is 3. The first-order valence-corrected chi connectivity index (χ1v) is 3.80. The van der Waals surface area contributed by atoms with Crippen LogP contribution in [-0.4, -0.2) is 43.1 Å². The number of hydrogen-bond acceptors (Lipinski definition) is 3. The molecule has 4 nitrogen and oxygen atoms in total. The summed E-state index contributed by atoms with van der Waals surface area (Å²) in [6.45, 7) is 0.406. The van der Waals surface area contributed by atoms with Gasteiger partial charge in [-0.2, -0.15) is 13.2 Å². The highest BCUT2D eigenvalue weighted by atomic mass is 19.4. The Morgan fingerprint density at radius 1 is 1.50 bits per heavy atom. The number of carboxylic acid groups (broad SMARTS) is 1. The van der Waals surface area contributed by atoms with Crippen molar-refractivity contribution in [3.05, 3.63) is 0 Å². The number of nitrogens with one attached hydrogen (secondary N) is 1. The van der Waals surface area contributed by atoms with Gasteiger partial charge in [-0.05, 0) is 6.92 Å². The fourth-order valence-electron chi connectivity index (χ4n) is 0.700. The zero-order chi connectivity index (χ0) is 11.4. The highest BCUT2D eigenvalue weighted by Gasteiger charge is 2.56. The van der Waals surface area contributed by atoms with Crippen molar-refractivity contribution in [2.75, 3.05) is 20.3 Å². The first kappa shape index (κ1) is 13.2. The molecular weight excluding hydrogens is 203 g/mol. The Kier molecular flexibility index (Phi) is 4.34. The summed E-state index contributed by atoms with van der Waals surface area (Å²) in [5.41, 5.74) is -2.93. The fraction of sp³-hybridized carbons (Fsp3) is 0.857. The van der Waals surface area contributed by atoms with E-state index in [-0.39, 0.29) is 13.2 Å². The van der Waals surface area contributed by atoms with Gasteiger partial charge >= 0.3 is 12.1 Å². The maximum atomic E-state index is 12.3. The number of rotatable bonds is 5. The Morgan fingerprint density at radius 2 is 2.00 bits per heavy atom. The lowest BCUT2D eigenvalue weighted by Gasteiger charge is -2.28. The topological polar surface area (TPSA) is 58.6 Å². The van der Waals surface area contributed by atoms with Crippen LogP contribution in [0.4, 0.5) is 13.2 Å². The van der Waals surface area contributed by atoms with Gasteiger partial charge in [0.25, 0.3) is 0 Å². The lowest BCUT2D eigenvalue weighted by Crippen LogP contribution is -2.60. The summed E-state index contributed by atoms with van der Waals surface area (Å²) < 4.78 is 41.4. The molecule has 0 aromatic heterocycles. The Hall–Kier alpha value is -0.820. The number of aliphatic carboxylic acids is 1. The summed E-state index contributed by atoms with van der Waals surface area (Å²) >= 11 is 0. The predicted molar refractivity (Wildman–Crippen MR) is 42.0 cm³/mol. The molecule has 0 heterocycles. The highest BCUT2D eigenvalue weighted by Crippen LogP contribution is 2.30. The van der Waals surface area contributed by atoms with Gasteiger partial charge < -0.3 is 9.84 Å². The highest BCUT2D eigenvalue weighted by molar-refractivity contribution is 5.79. The van der Waals surface area contributed by atoms with Crippen LogP contribution in [-0.2, 0) is 9.53 Å². The van der Waals surface area contributed by atoms with E-state index in [2.05, 4.69) is 4.74 Å². The number of carbonyl (C=O) groups is 1. The van der Waals surface area contributed by atoms with Crippen LogP contribution in [0.3, 0.4) is 0 Å². The van der Waals surface area contributed by atoms with Crippen molar-refractivity contribution >= 4 is 5.97 Å². The normalized spacial score (nSPS) is 16.4. The van der Waals surface area contributed by atoms with Crippen molar-refractivity contribution in [2.24, 2.45) is 0 Å². The van der Waals surface area contributed by atoms with Crippen LogP contribution in [0, 0.1) is 0 Å². The smallest absolute Gasteiger partial charge is 0.417 e. The Labute approximate surface area is 79.0 Å². The van der Waals surface area contributed by atoms with Crippen LogP contribution >= 0.6 is 0 Å². The van der Waals surface area contributed by atoms with Gasteiger partial charge in [0, 0.05) is 13.7 Å². The molecule has 0 rings (SSSR count). The Bertz CT molecular complexity index is 207. The summed E-state index contributed by atoms with van der Waals surface area (Å²) in [6.07, 6.45) is -4.84. The molecule has 0 radical (unpaired) electrons. The summed E-state index contributed by atoms with van der Waals surface area (Å²) in [6, 6.07) is 0. The van der Waals surface area contributed by atoms with Crippen LogP contribution in [0.25, 0.3) is 0 Å². The summed E-state index contributed by atoms with van der Waals surface area (Å²) in [4.78, 5) is 10.4. The molecule has 2 N–H and O–H groups in total. The predicted octanol–water partition coefficient (Wildman–Crippen LogP) is 0.628. The van der Waals surface area contributed by atoms with Gasteiger partial charge in [0.1, 0.15) is 0 Å². The average molecular weight is 215 g/mol. The molecule has 0 saturated heterocycles. The molecule has 0 bridgehead atoms. The molecule has 0 aliphatic heterocycles. The minimum Gasteiger partial charge on any atom is -0.480 e. The quantitative estimate of drug-likeness (QED) is 0.660. The van der Waals surface area contributed by atoms with E-state index in [0.29, 0.717) is 6.92 Å². The first-order valence-electron chi connectivity index (χ1n) is 3.80. The third-order valence-electron chi connectivity index (χ3n) is 1.78. The molecule has 0 saturated carbocycles. The minimum absolute atomic E-state index is 0.0128. The van der Waals surface area contributed by atoms with Crippen molar-refractivity contribution < 1.29 is 27.8 Å².